The van der Waals surface area contributed by atoms with E-state index in [4.69, 9.17) is 16.7 Å². The molecular formula is C12H13ClN2O3. The number of carbonyl (C=O) groups excluding carboxylic acids is 1. The Morgan fingerprint density at radius 2 is 2.28 bits per heavy atom. The number of pyridine rings is 1. The lowest BCUT2D eigenvalue weighted by Gasteiger charge is -2.23. The zero-order valence-corrected chi connectivity index (χ0v) is 10.6. The molecule has 6 heteroatoms. The maximum absolute atomic E-state index is 12.2. The van der Waals surface area contributed by atoms with Gasteiger partial charge in [-0.3, -0.25) is 9.59 Å². The quantitative estimate of drug-likeness (QED) is 0.829. The van der Waals surface area contributed by atoms with Crippen LogP contribution in [0.15, 0.2) is 18.3 Å². The number of nitrogens with zero attached hydrogens (tertiary/aromatic N) is 2. The van der Waals surface area contributed by atoms with Gasteiger partial charge in [0.1, 0.15) is 5.15 Å². The van der Waals surface area contributed by atoms with Crippen molar-refractivity contribution in [3.05, 3.63) is 29.0 Å². The second kappa shape index (κ2) is 4.94. The Morgan fingerprint density at radius 3 is 2.83 bits per heavy atom. The molecule has 2 unspecified atom stereocenters. The molecule has 1 aliphatic heterocycles. The highest BCUT2D eigenvalue weighted by Crippen LogP contribution is 2.26. The topological polar surface area (TPSA) is 70.5 Å². The molecule has 2 rings (SSSR count). The van der Waals surface area contributed by atoms with Gasteiger partial charge in [0.05, 0.1) is 5.92 Å². The lowest BCUT2D eigenvalue weighted by Crippen LogP contribution is -2.37. The smallest absolute Gasteiger partial charge is 0.308 e. The van der Waals surface area contributed by atoms with E-state index in [1.807, 2.05) is 0 Å². The largest absolute Gasteiger partial charge is 0.481 e. The van der Waals surface area contributed by atoms with Crippen LogP contribution in [0.5, 0.6) is 0 Å². The van der Waals surface area contributed by atoms with E-state index >= 15 is 0 Å². The van der Waals surface area contributed by atoms with Crippen molar-refractivity contribution < 1.29 is 14.7 Å². The van der Waals surface area contributed by atoms with Crippen LogP contribution >= 0.6 is 11.6 Å². The Labute approximate surface area is 109 Å². The molecule has 1 aromatic heterocycles. The first kappa shape index (κ1) is 12.8. The molecule has 0 aliphatic carbocycles. The summed E-state index contributed by atoms with van der Waals surface area (Å²) in [4.78, 5) is 28.6. The number of aliphatic carboxylic acids is 1. The summed E-state index contributed by atoms with van der Waals surface area (Å²) in [6.07, 6.45) is 1.95. The van der Waals surface area contributed by atoms with Gasteiger partial charge in [-0.1, -0.05) is 11.6 Å². The first-order valence-corrected chi connectivity index (χ1v) is 6.04. The van der Waals surface area contributed by atoms with E-state index in [1.54, 1.807) is 17.9 Å². The number of carboxylic acid groups (broad SMARTS) is 1. The van der Waals surface area contributed by atoms with Gasteiger partial charge >= 0.3 is 5.97 Å². The van der Waals surface area contributed by atoms with Gasteiger partial charge in [-0.2, -0.15) is 0 Å². The summed E-state index contributed by atoms with van der Waals surface area (Å²) in [5.74, 6) is -1.55. The second-order valence-electron chi connectivity index (χ2n) is 4.34. The molecule has 0 spiro atoms. The van der Waals surface area contributed by atoms with Gasteiger partial charge in [-0.05, 0) is 25.5 Å². The summed E-state index contributed by atoms with van der Waals surface area (Å²) in [6.45, 7) is 2.21. The molecule has 1 fully saturated rings. The molecule has 1 aromatic rings. The molecule has 0 radical (unpaired) electrons. The normalized spacial score (nSPS) is 23.1. The van der Waals surface area contributed by atoms with Crippen molar-refractivity contribution in [2.24, 2.45) is 5.92 Å². The van der Waals surface area contributed by atoms with Crippen molar-refractivity contribution in [2.75, 3.05) is 6.54 Å². The molecule has 2 heterocycles. The third kappa shape index (κ3) is 2.31. The Morgan fingerprint density at radius 1 is 1.56 bits per heavy atom. The van der Waals surface area contributed by atoms with Gasteiger partial charge in [0.25, 0.3) is 5.91 Å². The molecule has 1 amide bonds. The van der Waals surface area contributed by atoms with Gasteiger partial charge in [-0.15, -0.1) is 0 Å². The number of amides is 1. The Balaban J connectivity index is 2.18. The Hall–Kier alpha value is -1.62. The number of likely N-dealkylation sites (tertiary alicyclic amines) is 1. The zero-order chi connectivity index (χ0) is 13.3. The first-order chi connectivity index (χ1) is 8.50. The molecule has 0 aromatic carbocycles. The monoisotopic (exact) mass is 268 g/mol. The minimum absolute atomic E-state index is 0.199. The van der Waals surface area contributed by atoms with Gasteiger partial charge in [0.2, 0.25) is 0 Å². The van der Waals surface area contributed by atoms with Crippen LogP contribution in [-0.2, 0) is 4.79 Å². The van der Waals surface area contributed by atoms with E-state index in [0.29, 0.717) is 18.5 Å². The minimum Gasteiger partial charge on any atom is -0.481 e. The summed E-state index contributed by atoms with van der Waals surface area (Å²) in [5.41, 5.74) is 0.438. The fraction of sp³-hybridized carbons (Fsp3) is 0.417. The van der Waals surface area contributed by atoms with Crippen LogP contribution in [0.2, 0.25) is 5.15 Å². The Bertz CT molecular complexity index is 492. The van der Waals surface area contributed by atoms with Crippen LogP contribution in [0, 0.1) is 5.92 Å². The van der Waals surface area contributed by atoms with Crippen molar-refractivity contribution in [3.63, 3.8) is 0 Å². The van der Waals surface area contributed by atoms with Crippen LogP contribution in [-0.4, -0.2) is 39.5 Å². The number of aromatic nitrogens is 1. The SMILES string of the molecule is CC1C(C(=O)O)CCN1C(=O)c1ccnc(Cl)c1. The maximum atomic E-state index is 12.2. The van der Waals surface area contributed by atoms with Gasteiger partial charge in [-0.25, -0.2) is 4.98 Å². The van der Waals surface area contributed by atoms with Gasteiger partial charge < -0.3 is 10.0 Å². The summed E-state index contributed by atoms with van der Waals surface area (Å²) in [6, 6.07) is 2.77. The predicted molar refractivity (Wildman–Crippen MR) is 65.5 cm³/mol. The number of halogens is 1. The highest BCUT2D eigenvalue weighted by molar-refractivity contribution is 6.29. The van der Waals surface area contributed by atoms with Crippen molar-refractivity contribution in [2.45, 2.75) is 19.4 Å². The maximum Gasteiger partial charge on any atom is 0.308 e. The molecule has 96 valence electrons. The molecule has 1 aliphatic rings. The van der Waals surface area contributed by atoms with E-state index < -0.39 is 11.9 Å². The van der Waals surface area contributed by atoms with E-state index in [9.17, 15) is 9.59 Å². The highest BCUT2D eigenvalue weighted by atomic mass is 35.5. The third-order valence-electron chi connectivity index (χ3n) is 3.31. The van der Waals surface area contributed by atoms with Crippen LogP contribution in [0.1, 0.15) is 23.7 Å². The summed E-state index contributed by atoms with van der Waals surface area (Å²) < 4.78 is 0. The zero-order valence-electron chi connectivity index (χ0n) is 9.84. The fourth-order valence-corrected chi connectivity index (χ4v) is 2.43. The van der Waals surface area contributed by atoms with Crippen molar-refractivity contribution in [1.82, 2.24) is 9.88 Å². The fourth-order valence-electron chi connectivity index (χ4n) is 2.26. The van der Waals surface area contributed by atoms with E-state index in [0.717, 1.165) is 0 Å². The molecule has 5 nitrogen and oxygen atoms in total. The number of rotatable bonds is 2. The highest BCUT2D eigenvalue weighted by Gasteiger charge is 2.38. The summed E-state index contributed by atoms with van der Waals surface area (Å²) in [7, 11) is 0. The average Bonchev–Trinajstić information content (AvgIpc) is 2.70. The van der Waals surface area contributed by atoms with E-state index in [2.05, 4.69) is 4.98 Å². The number of carboxylic acids is 1. The number of carbonyl (C=O) groups is 2. The average molecular weight is 269 g/mol. The van der Waals surface area contributed by atoms with Crippen molar-refractivity contribution in [1.29, 1.82) is 0 Å². The summed E-state index contributed by atoms with van der Waals surface area (Å²) in [5, 5.41) is 9.28. The number of hydrogen-bond acceptors (Lipinski definition) is 3. The standard InChI is InChI=1S/C12H13ClN2O3/c1-7-9(12(17)18)3-5-15(7)11(16)8-2-4-14-10(13)6-8/h2,4,6-7,9H,3,5H2,1H3,(H,17,18). The molecule has 1 saturated heterocycles. The molecule has 0 saturated carbocycles. The molecule has 18 heavy (non-hydrogen) atoms. The Kier molecular flexibility index (Phi) is 3.52. The van der Waals surface area contributed by atoms with Crippen LogP contribution in [0.25, 0.3) is 0 Å². The van der Waals surface area contributed by atoms with E-state index in [1.165, 1.54) is 12.3 Å². The third-order valence-corrected chi connectivity index (χ3v) is 3.51. The summed E-state index contributed by atoms with van der Waals surface area (Å²) >= 11 is 5.74. The number of hydrogen-bond donors (Lipinski definition) is 1. The van der Waals surface area contributed by atoms with Crippen LogP contribution in [0.3, 0.4) is 0 Å². The van der Waals surface area contributed by atoms with Gasteiger partial charge in [0, 0.05) is 24.3 Å². The van der Waals surface area contributed by atoms with Crippen molar-refractivity contribution in [3.8, 4) is 0 Å². The van der Waals surface area contributed by atoms with Crippen molar-refractivity contribution >= 4 is 23.5 Å². The predicted octanol–water partition coefficient (Wildman–Crippen LogP) is 1.67. The van der Waals surface area contributed by atoms with Crippen LogP contribution < -0.4 is 0 Å². The molecule has 0 bridgehead atoms. The lowest BCUT2D eigenvalue weighted by atomic mass is 10.0. The second-order valence-corrected chi connectivity index (χ2v) is 4.73. The van der Waals surface area contributed by atoms with Gasteiger partial charge in [0.15, 0.2) is 0 Å². The van der Waals surface area contributed by atoms with E-state index in [-0.39, 0.29) is 17.1 Å². The lowest BCUT2D eigenvalue weighted by molar-refractivity contribution is -0.142. The molecule has 1 N–H and O–H groups in total. The van der Waals surface area contributed by atoms with Crippen LogP contribution in [0.4, 0.5) is 0 Å². The molecular weight excluding hydrogens is 256 g/mol. The minimum atomic E-state index is -0.856. The first-order valence-electron chi connectivity index (χ1n) is 5.66. The molecule has 2 atom stereocenters.